The third kappa shape index (κ3) is 12.8. The molecule has 8 heteroatoms. The number of ether oxygens (including phenoxy) is 2. The van der Waals surface area contributed by atoms with Crippen molar-refractivity contribution in [3.05, 3.63) is 35.4 Å². The highest BCUT2D eigenvalue weighted by Gasteiger charge is 2.15. The number of carbonyl (C=O) groups excluding carboxylic acids is 1. The highest BCUT2D eigenvalue weighted by Crippen LogP contribution is 2.07. The zero-order chi connectivity index (χ0) is 20.1. The fourth-order valence-electron chi connectivity index (χ4n) is 2.13. The van der Waals surface area contributed by atoms with Gasteiger partial charge in [0, 0.05) is 26.2 Å². The molecule has 3 N–H and O–H groups in total. The Bertz CT molecular complexity index is 586. The van der Waals surface area contributed by atoms with E-state index in [0.717, 1.165) is 17.7 Å². The van der Waals surface area contributed by atoms with Gasteiger partial charge in [-0.2, -0.15) is 0 Å². The van der Waals surface area contributed by atoms with Crippen LogP contribution in [0.3, 0.4) is 0 Å². The number of benzene rings is 1. The lowest BCUT2D eigenvalue weighted by molar-refractivity contribution is 0.0529. The Morgan fingerprint density at radius 3 is 2.18 bits per heavy atom. The van der Waals surface area contributed by atoms with Crippen molar-refractivity contribution < 1.29 is 14.3 Å². The van der Waals surface area contributed by atoms with E-state index in [1.54, 1.807) is 0 Å². The molecule has 0 saturated carbocycles. The average Bonchev–Trinajstić information content (AvgIpc) is 2.60. The fourth-order valence-corrected chi connectivity index (χ4v) is 2.13. The van der Waals surface area contributed by atoms with Crippen LogP contribution in [0.2, 0.25) is 0 Å². The van der Waals surface area contributed by atoms with Crippen molar-refractivity contribution in [3.8, 4) is 0 Å². The number of nitrogens with one attached hydrogen (secondary N) is 3. The maximum atomic E-state index is 11.6. The number of aliphatic imine (C=N–C) groups is 1. The molecule has 0 bridgehead atoms. The zero-order valence-electron chi connectivity index (χ0n) is 17.6. The Kier molecular flexibility index (Phi) is 13.6. The summed E-state index contributed by atoms with van der Waals surface area (Å²) >= 11 is 0. The molecule has 0 aliphatic rings. The van der Waals surface area contributed by atoms with Crippen molar-refractivity contribution in [2.75, 3.05) is 26.2 Å². The van der Waals surface area contributed by atoms with Crippen LogP contribution in [0.4, 0.5) is 4.79 Å². The summed E-state index contributed by atoms with van der Waals surface area (Å²) in [6.45, 7) is 13.2. The van der Waals surface area contributed by atoms with Gasteiger partial charge in [0.1, 0.15) is 5.60 Å². The molecule has 0 radical (unpaired) electrons. The molecule has 0 aliphatic heterocycles. The maximum absolute atomic E-state index is 11.6. The smallest absolute Gasteiger partial charge is 0.407 e. The van der Waals surface area contributed by atoms with Crippen LogP contribution in [-0.4, -0.2) is 43.9 Å². The molecule has 1 amide bonds. The number of hydrogen-bond acceptors (Lipinski definition) is 4. The van der Waals surface area contributed by atoms with Gasteiger partial charge in [-0.3, -0.25) is 0 Å². The summed E-state index contributed by atoms with van der Waals surface area (Å²) in [6.07, 6.45) is -0.418. The van der Waals surface area contributed by atoms with Crippen molar-refractivity contribution in [2.45, 2.75) is 53.4 Å². The largest absolute Gasteiger partial charge is 0.444 e. The average molecular weight is 506 g/mol. The van der Waals surface area contributed by atoms with E-state index in [1.165, 1.54) is 0 Å². The summed E-state index contributed by atoms with van der Waals surface area (Å²) in [7, 11) is 0. The van der Waals surface area contributed by atoms with Crippen molar-refractivity contribution in [3.63, 3.8) is 0 Å². The second kappa shape index (κ2) is 14.4. The minimum absolute atomic E-state index is 0. The molecule has 0 aliphatic carbocycles. The Hall–Kier alpha value is -1.55. The Morgan fingerprint density at radius 2 is 1.61 bits per heavy atom. The van der Waals surface area contributed by atoms with E-state index in [1.807, 2.05) is 34.6 Å². The van der Waals surface area contributed by atoms with E-state index in [0.29, 0.717) is 38.8 Å². The van der Waals surface area contributed by atoms with Gasteiger partial charge in [0.05, 0.1) is 13.2 Å². The standard InChI is InChI=1S/C20H34N4O3.HI/c1-6-21-18(22-12-13-23-19(25)27-20(3,4)5)24-14-16-8-10-17(11-9-16)15-26-7-2;/h8-11H,6-7,12-15H2,1-5H3,(H,23,25)(H2,21,22,24);1H. The number of guanidine groups is 1. The van der Waals surface area contributed by atoms with Gasteiger partial charge in [0.25, 0.3) is 0 Å². The molecule has 1 aromatic rings. The number of halogens is 1. The van der Waals surface area contributed by atoms with Gasteiger partial charge < -0.3 is 25.4 Å². The monoisotopic (exact) mass is 506 g/mol. The first-order valence-corrected chi connectivity index (χ1v) is 9.48. The van der Waals surface area contributed by atoms with Crippen LogP contribution in [0.25, 0.3) is 0 Å². The van der Waals surface area contributed by atoms with E-state index in [2.05, 4.69) is 45.2 Å². The molecule has 28 heavy (non-hydrogen) atoms. The summed E-state index contributed by atoms with van der Waals surface area (Å²) in [5.41, 5.74) is 1.79. The number of nitrogens with zero attached hydrogens (tertiary/aromatic N) is 1. The normalized spacial score (nSPS) is 11.4. The van der Waals surface area contributed by atoms with Gasteiger partial charge in [0.2, 0.25) is 0 Å². The second-order valence-electron chi connectivity index (χ2n) is 7.00. The molecule has 160 valence electrons. The summed E-state index contributed by atoms with van der Waals surface area (Å²) in [4.78, 5) is 16.2. The van der Waals surface area contributed by atoms with Crippen LogP contribution in [-0.2, 0) is 22.6 Å². The predicted octanol–water partition coefficient (Wildman–Crippen LogP) is 3.42. The number of carbonyl (C=O) groups is 1. The minimum atomic E-state index is -0.494. The fraction of sp³-hybridized carbons (Fsp3) is 0.600. The SMILES string of the molecule is CCNC(=NCc1ccc(COCC)cc1)NCCNC(=O)OC(C)(C)C.I. The summed E-state index contributed by atoms with van der Waals surface area (Å²) in [6, 6.07) is 8.24. The molecule has 0 saturated heterocycles. The van der Waals surface area contributed by atoms with E-state index in [-0.39, 0.29) is 24.0 Å². The van der Waals surface area contributed by atoms with Crippen LogP contribution in [0, 0.1) is 0 Å². The first kappa shape index (κ1) is 26.4. The molecule has 0 spiro atoms. The quantitative estimate of drug-likeness (QED) is 0.207. The second-order valence-corrected chi connectivity index (χ2v) is 7.00. The number of alkyl carbamates (subject to hydrolysis) is 1. The highest BCUT2D eigenvalue weighted by molar-refractivity contribution is 14.0. The van der Waals surface area contributed by atoms with E-state index in [9.17, 15) is 4.79 Å². The molecule has 7 nitrogen and oxygen atoms in total. The first-order valence-electron chi connectivity index (χ1n) is 9.48. The number of amides is 1. The molecule has 1 aromatic carbocycles. The molecule has 1 rings (SSSR count). The van der Waals surface area contributed by atoms with E-state index in [4.69, 9.17) is 9.47 Å². The summed E-state index contributed by atoms with van der Waals surface area (Å²) in [5.74, 6) is 0.710. The van der Waals surface area contributed by atoms with Crippen molar-refractivity contribution >= 4 is 36.0 Å². The Morgan fingerprint density at radius 1 is 1.00 bits per heavy atom. The molecule has 0 aromatic heterocycles. The Labute approximate surface area is 186 Å². The highest BCUT2D eigenvalue weighted by atomic mass is 127. The van der Waals surface area contributed by atoms with Gasteiger partial charge >= 0.3 is 6.09 Å². The third-order valence-corrected chi connectivity index (χ3v) is 3.35. The van der Waals surface area contributed by atoms with Gasteiger partial charge in [-0.05, 0) is 45.7 Å². The van der Waals surface area contributed by atoms with Crippen LogP contribution in [0.5, 0.6) is 0 Å². The van der Waals surface area contributed by atoms with Crippen LogP contribution < -0.4 is 16.0 Å². The summed E-state index contributed by atoms with van der Waals surface area (Å²) < 4.78 is 10.6. The number of hydrogen-bond donors (Lipinski definition) is 3. The molecule has 0 atom stereocenters. The summed E-state index contributed by atoms with van der Waals surface area (Å²) in [5, 5.41) is 9.11. The molecular formula is C20H35IN4O3. The van der Waals surface area contributed by atoms with E-state index < -0.39 is 11.7 Å². The molecule has 0 heterocycles. The lowest BCUT2D eigenvalue weighted by Gasteiger charge is -2.19. The zero-order valence-corrected chi connectivity index (χ0v) is 20.0. The van der Waals surface area contributed by atoms with Gasteiger partial charge in [-0.25, -0.2) is 9.79 Å². The lowest BCUT2D eigenvalue weighted by Crippen LogP contribution is -2.42. The Balaban J connectivity index is 0.00000729. The van der Waals surface area contributed by atoms with Crippen LogP contribution >= 0.6 is 24.0 Å². The predicted molar refractivity (Wildman–Crippen MR) is 124 cm³/mol. The minimum Gasteiger partial charge on any atom is -0.444 e. The van der Waals surface area contributed by atoms with Crippen LogP contribution in [0.15, 0.2) is 29.3 Å². The van der Waals surface area contributed by atoms with Crippen molar-refractivity contribution in [1.82, 2.24) is 16.0 Å². The van der Waals surface area contributed by atoms with Crippen LogP contribution in [0.1, 0.15) is 45.7 Å². The van der Waals surface area contributed by atoms with Crippen molar-refractivity contribution in [2.24, 2.45) is 4.99 Å². The topological polar surface area (TPSA) is 84.0 Å². The van der Waals surface area contributed by atoms with Gasteiger partial charge in [0.15, 0.2) is 5.96 Å². The molecule has 0 fully saturated rings. The lowest BCUT2D eigenvalue weighted by atomic mass is 10.1. The number of rotatable bonds is 9. The van der Waals surface area contributed by atoms with E-state index >= 15 is 0 Å². The molecular weight excluding hydrogens is 471 g/mol. The van der Waals surface area contributed by atoms with Crippen molar-refractivity contribution in [1.29, 1.82) is 0 Å². The van der Waals surface area contributed by atoms with Gasteiger partial charge in [-0.15, -0.1) is 24.0 Å². The maximum Gasteiger partial charge on any atom is 0.407 e. The third-order valence-electron chi connectivity index (χ3n) is 3.35. The molecule has 0 unspecified atom stereocenters. The van der Waals surface area contributed by atoms with Gasteiger partial charge in [-0.1, -0.05) is 24.3 Å². The first-order chi connectivity index (χ1) is 12.8.